The SMILES string of the molecule is COC(=O)c1c(N2CCC(OC)C2)sc(C(N)=O)c1N. The number of hydrogen-bond acceptors (Lipinski definition) is 7. The molecule has 1 atom stereocenters. The van der Waals surface area contributed by atoms with Crippen molar-refractivity contribution < 1.29 is 19.1 Å². The summed E-state index contributed by atoms with van der Waals surface area (Å²) in [5, 5.41) is 0.614. The molecule has 0 aromatic carbocycles. The molecule has 4 N–H and O–H groups in total. The molecule has 0 radical (unpaired) electrons. The van der Waals surface area contributed by atoms with Crippen LogP contribution in [0.2, 0.25) is 0 Å². The number of hydrogen-bond donors (Lipinski definition) is 2. The lowest BCUT2D eigenvalue weighted by molar-refractivity contribution is 0.0603. The van der Waals surface area contributed by atoms with Gasteiger partial charge in [0.05, 0.1) is 18.9 Å². The van der Waals surface area contributed by atoms with Crippen molar-refractivity contribution in [2.45, 2.75) is 12.5 Å². The van der Waals surface area contributed by atoms with E-state index in [9.17, 15) is 9.59 Å². The lowest BCUT2D eigenvalue weighted by Crippen LogP contribution is -2.23. The molecule has 1 aromatic heterocycles. The summed E-state index contributed by atoms with van der Waals surface area (Å²) in [6.07, 6.45) is 0.946. The average molecular weight is 299 g/mol. The highest BCUT2D eigenvalue weighted by Gasteiger charge is 2.32. The maximum Gasteiger partial charge on any atom is 0.343 e. The Morgan fingerprint density at radius 2 is 2.10 bits per heavy atom. The van der Waals surface area contributed by atoms with Crippen molar-refractivity contribution in [3.05, 3.63) is 10.4 Å². The number of thiophene rings is 1. The van der Waals surface area contributed by atoms with Crippen LogP contribution in [0, 0.1) is 0 Å². The lowest BCUT2D eigenvalue weighted by atomic mass is 10.2. The molecule has 2 rings (SSSR count). The third-order valence-corrected chi connectivity index (χ3v) is 4.59. The summed E-state index contributed by atoms with van der Waals surface area (Å²) in [7, 11) is 2.92. The van der Waals surface area contributed by atoms with Gasteiger partial charge in [-0.2, -0.15) is 0 Å². The third kappa shape index (κ3) is 2.44. The molecule has 0 aliphatic carbocycles. The fourth-order valence-electron chi connectivity index (χ4n) is 2.24. The molecule has 0 spiro atoms. The second kappa shape index (κ2) is 5.68. The highest BCUT2D eigenvalue weighted by Crippen LogP contribution is 2.40. The Morgan fingerprint density at radius 3 is 2.60 bits per heavy atom. The molecule has 8 heteroatoms. The number of carbonyl (C=O) groups is 2. The van der Waals surface area contributed by atoms with E-state index in [0.29, 0.717) is 11.5 Å². The molecule has 1 unspecified atom stereocenters. The van der Waals surface area contributed by atoms with Gasteiger partial charge in [-0.1, -0.05) is 0 Å². The van der Waals surface area contributed by atoms with Gasteiger partial charge in [0.25, 0.3) is 5.91 Å². The van der Waals surface area contributed by atoms with Crippen LogP contribution in [0.15, 0.2) is 0 Å². The Labute approximate surface area is 120 Å². The van der Waals surface area contributed by atoms with Gasteiger partial charge in [-0.15, -0.1) is 11.3 Å². The molecule has 2 heterocycles. The van der Waals surface area contributed by atoms with Gasteiger partial charge >= 0.3 is 5.97 Å². The largest absolute Gasteiger partial charge is 0.465 e. The maximum atomic E-state index is 11.9. The smallest absolute Gasteiger partial charge is 0.343 e. The molecule has 20 heavy (non-hydrogen) atoms. The van der Waals surface area contributed by atoms with Crippen molar-refractivity contribution in [1.29, 1.82) is 0 Å². The van der Waals surface area contributed by atoms with Gasteiger partial charge in [-0.3, -0.25) is 4.79 Å². The van der Waals surface area contributed by atoms with Gasteiger partial charge in [0, 0.05) is 20.2 Å². The van der Waals surface area contributed by atoms with E-state index in [4.69, 9.17) is 20.9 Å². The highest BCUT2D eigenvalue weighted by atomic mass is 32.1. The topological polar surface area (TPSA) is 108 Å². The number of nitrogens with zero attached hydrogens (tertiary/aromatic N) is 1. The fourth-order valence-corrected chi connectivity index (χ4v) is 3.34. The third-order valence-electron chi connectivity index (χ3n) is 3.31. The maximum absolute atomic E-state index is 11.9. The number of nitrogens with two attached hydrogens (primary N) is 2. The summed E-state index contributed by atoms with van der Waals surface area (Å²) in [6, 6.07) is 0. The van der Waals surface area contributed by atoms with E-state index in [2.05, 4.69) is 0 Å². The second-order valence-electron chi connectivity index (χ2n) is 4.47. The van der Waals surface area contributed by atoms with Crippen LogP contribution < -0.4 is 16.4 Å². The van der Waals surface area contributed by atoms with Crippen LogP contribution in [0.1, 0.15) is 26.5 Å². The Balaban J connectivity index is 2.43. The lowest BCUT2D eigenvalue weighted by Gasteiger charge is -2.17. The van der Waals surface area contributed by atoms with Crippen LogP contribution in [0.25, 0.3) is 0 Å². The minimum atomic E-state index is -0.647. The zero-order valence-corrected chi connectivity index (χ0v) is 12.2. The van der Waals surface area contributed by atoms with Crippen molar-refractivity contribution in [2.75, 3.05) is 37.9 Å². The van der Waals surface area contributed by atoms with Crippen LogP contribution in [-0.4, -0.2) is 45.3 Å². The number of primary amides is 1. The van der Waals surface area contributed by atoms with Crippen molar-refractivity contribution in [1.82, 2.24) is 0 Å². The van der Waals surface area contributed by atoms with Crippen molar-refractivity contribution in [3.8, 4) is 0 Å². The van der Waals surface area contributed by atoms with E-state index in [1.165, 1.54) is 7.11 Å². The number of carbonyl (C=O) groups excluding carboxylic acids is 2. The molecule has 0 bridgehead atoms. The van der Waals surface area contributed by atoms with Gasteiger partial charge in [-0.05, 0) is 6.42 Å². The Kier molecular flexibility index (Phi) is 4.15. The molecular weight excluding hydrogens is 282 g/mol. The second-order valence-corrected chi connectivity index (χ2v) is 5.47. The molecular formula is C12H17N3O4S. The first-order valence-corrected chi connectivity index (χ1v) is 6.89. The van der Waals surface area contributed by atoms with E-state index >= 15 is 0 Å². The summed E-state index contributed by atoms with van der Waals surface area (Å²) in [4.78, 5) is 25.4. The van der Waals surface area contributed by atoms with Crippen molar-refractivity contribution in [3.63, 3.8) is 0 Å². The number of nitrogen functional groups attached to an aromatic ring is 1. The van der Waals surface area contributed by atoms with Crippen molar-refractivity contribution >= 4 is 33.9 Å². The standard InChI is InChI=1S/C12H17N3O4S/c1-18-6-3-4-15(5-6)11-7(12(17)19-2)8(13)9(20-11)10(14)16/h6H,3-5,13H2,1-2H3,(H2,14,16). The minimum Gasteiger partial charge on any atom is -0.465 e. The molecule has 1 amide bonds. The summed E-state index contributed by atoms with van der Waals surface area (Å²) in [6.45, 7) is 1.36. The Bertz CT molecular complexity index is 543. The molecule has 1 saturated heterocycles. The number of methoxy groups -OCH3 is 2. The van der Waals surface area contributed by atoms with Gasteiger partial charge in [0.2, 0.25) is 0 Å². The van der Waals surface area contributed by atoms with Crippen LogP contribution in [-0.2, 0) is 9.47 Å². The zero-order chi connectivity index (χ0) is 14.9. The quantitative estimate of drug-likeness (QED) is 0.781. The number of esters is 1. The highest BCUT2D eigenvalue weighted by molar-refractivity contribution is 7.19. The molecule has 1 aliphatic rings. The fraction of sp³-hybridized carbons (Fsp3) is 0.500. The molecule has 7 nitrogen and oxygen atoms in total. The molecule has 0 saturated carbocycles. The number of amides is 1. The van der Waals surface area contributed by atoms with E-state index in [1.807, 2.05) is 4.90 Å². The van der Waals surface area contributed by atoms with Gasteiger partial charge < -0.3 is 25.8 Å². The number of ether oxygens (including phenoxy) is 2. The van der Waals surface area contributed by atoms with Crippen LogP contribution in [0.4, 0.5) is 10.7 Å². The summed E-state index contributed by atoms with van der Waals surface area (Å²) in [5.74, 6) is -1.21. The molecule has 1 aliphatic heterocycles. The van der Waals surface area contributed by atoms with E-state index in [0.717, 1.165) is 24.3 Å². The van der Waals surface area contributed by atoms with Crippen LogP contribution in [0.5, 0.6) is 0 Å². The minimum absolute atomic E-state index is 0.0882. The normalized spacial score (nSPS) is 18.3. The van der Waals surface area contributed by atoms with E-state index in [1.54, 1.807) is 7.11 Å². The van der Waals surface area contributed by atoms with E-state index < -0.39 is 11.9 Å². The predicted molar refractivity (Wildman–Crippen MR) is 76.2 cm³/mol. The van der Waals surface area contributed by atoms with E-state index in [-0.39, 0.29) is 22.2 Å². The monoisotopic (exact) mass is 299 g/mol. The summed E-state index contributed by atoms with van der Waals surface area (Å²) >= 11 is 1.12. The van der Waals surface area contributed by atoms with Crippen LogP contribution >= 0.6 is 11.3 Å². The number of rotatable bonds is 4. The Hall–Kier alpha value is -1.80. The zero-order valence-electron chi connectivity index (χ0n) is 11.3. The number of anilines is 2. The molecule has 110 valence electrons. The first-order chi connectivity index (χ1) is 9.49. The molecule has 1 aromatic rings. The average Bonchev–Trinajstić information content (AvgIpc) is 3.01. The van der Waals surface area contributed by atoms with Gasteiger partial charge in [0.15, 0.2) is 0 Å². The first-order valence-electron chi connectivity index (χ1n) is 6.07. The first kappa shape index (κ1) is 14.6. The van der Waals surface area contributed by atoms with Gasteiger partial charge in [0.1, 0.15) is 15.4 Å². The summed E-state index contributed by atoms with van der Waals surface area (Å²) < 4.78 is 10.0. The Morgan fingerprint density at radius 1 is 1.40 bits per heavy atom. The summed E-state index contributed by atoms with van der Waals surface area (Å²) in [5.41, 5.74) is 11.5. The predicted octanol–water partition coefficient (Wildman–Crippen LogP) is 0.441. The van der Waals surface area contributed by atoms with Crippen LogP contribution in [0.3, 0.4) is 0 Å². The van der Waals surface area contributed by atoms with Crippen molar-refractivity contribution in [2.24, 2.45) is 5.73 Å². The van der Waals surface area contributed by atoms with Gasteiger partial charge in [-0.25, -0.2) is 4.79 Å². The molecule has 1 fully saturated rings.